The first kappa shape index (κ1) is 15.4. The van der Waals surface area contributed by atoms with Crippen LogP contribution in [-0.4, -0.2) is 12.3 Å². The van der Waals surface area contributed by atoms with Gasteiger partial charge in [-0.25, -0.2) is 0 Å². The average Bonchev–Trinajstić information content (AvgIpc) is 2.81. The highest BCUT2D eigenvalue weighted by atomic mass is 32.2. The minimum atomic E-state index is 0.587. The summed E-state index contributed by atoms with van der Waals surface area (Å²) in [4.78, 5) is 3.23. The summed E-state index contributed by atoms with van der Waals surface area (Å²) >= 11 is 4.15. The van der Waals surface area contributed by atoms with Crippen LogP contribution in [0, 0.1) is 5.92 Å². The van der Waals surface area contributed by atoms with Gasteiger partial charge < -0.3 is 5.32 Å². The summed E-state index contributed by atoms with van der Waals surface area (Å²) < 4.78 is 0. The van der Waals surface area contributed by atoms with Crippen LogP contribution >= 0.6 is 23.1 Å². The number of thioether (sulfide) groups is 1. The van der Waals surface area contributed by atoms with E-state index in [0.717, 1.165) is 12.5 Å². The quantitative estimate of drug-likeness (QED) is 0.759. The van der Waals surface area contributed by atoms with Gasteiger partial charge in [-0.1, -0.05) is 33.6 Å². The van der Waals surface area contributed by atoms with Crippen LogP contribution in [0.5, 0.6) is 0 Å². The molecule has 1 aliphatic rings. The van der Waals surface area contributed by atoms with Gasteiger partial charge in [-0.15, -0.1) is 11.3 Å². The molecule has 1 N–H and O–H groups in total. The molecule has 0 radical (unpaired) electrons. The second-order valence-electron chi connectivity index (χ2n) is 5.83. The summed E-state index contributed by atoms with van der Waals surface area (Å²) in [7, 11) is 0. The second kappa shape index (κ2) is 7.70. The fourth-order valence-electron chi connectivity index (χ4n) is 2.66. The zero-order chi connectivity index (χ0) is 13.7. The van der Waals surface area contributed by atoms with E-state index in [9.17, 15) is 0 Å². The lowest BCUT2D eigenvalue weighted by Crippen LogP contribution is -2.20. The first-order chi connectivity index (χ1) is 9.20. The molecule has 0 spiro atoms. The van der Waals surface area contributed by atoms with Gasteiger partial charge in [-0.3, -0.25) is 0 Å². The molecule has 2 heterocycles. The number of fused-ring (bicyclic) bond motifs is 1. The van der Waals surface area contributed by atoms with E-state index in [0.29, 0.717) is 6.04 Å². The lowest BCUT2D eigenvalue weighted by molar-refractivity contribution is 0.459. The van der Waals surface area contributed by atoms with E-state index in [1.807, 2.05) is 0 Å². The molecule has 1 aromatic rings. The Hall–Kier alpha value is 0.01000. The molecule has 19 heavy (non-hydrogen) atoms. The Bertz CT molecular complexity index is 361. The Morgan fingerprint density at radius 3 is 2.84 bits per heavy atom. The van der Waals surface area contributed by atoms with Crippen LogP contribution in [-0.2, 0) is 12.2 Å². The fraction of sp³-hybridized carbons (Fsp3) is 0.750. The number of hydrogen-bond acceptors (Lipinski definition) is 3. The molecule has 0 aromatic carbocycles. The third-order valence-corrected chi connectivity index (χ3v) is 6.07. The van der Waals surface area contributed by atoms with Crippen molar-refractivity contribution in [3.8, 4) is 0 Å². The van der Waals surface area contributed by atoms with Crippen LogP contribution in [0.2, 0.25) is 0 Å². The molecule has 2 rings (SSSR count). The number of thiophene rings is 1. The molecule has 0 fully saturated rings. The summed E-state index contributed by atoms with van der Waals surface area (Å²) in [6.07, 6.45) is 5.27. The van der Waals surface area contributed by atoms with E-state index in [1.54, 1.807) is 15.3 Å². The minimum absolute atomic E-state index is 0.587. The van der Waals surface area contributed by atoms with Crippen molar-refractivity contribution < 1.29 is 0 Å². The van der Waals surface area contributed by atoms with Crippen LogP contribution in [0.25, 0.3) is 0 Å². The molecule has 1 atom stereocenters. The monoisotopic (exact) mass is 297 g/mol. The SMILES string of the molecule is CCNC(CCCC(C)C)c1cc2c(s1)CCSC2. The Labute approximate surface area is 126 Å². The Morgan fingerprint density at radius 2 is 2.16 bits per heavy atom. The van der Waals surface area contributed by atoms with E-state index in [-0.39, 0.29) is 0 Å². The summed E-state index contributed by atoms with van der Waals surface area (Å²) in [5.74, 6) is 3.37. The molecule has 0 saturated carbocycles. The molecule has 0 saturated heterocycles. The van der Waals surface area contributed by atoms with Gasteiger partial charge in [0.25, 0.3) is 0 Å². The molecular weight excluding hydrogens is 270 g/mol. The van der Waals surface area contributed by atoms with Crippen molar-refractivity contribution in [3.05, 3.63) is 21.4 Å². The summed E-state index contributed by atoms with van der Waals surface area (Å²) in [6.45, 7) is 7.94. The van der Waals surface area contributed by atoms with Gasteiger partial charge in [0.05, 0.1) is 0 Å². The normalized spacial score (nSPS) is 16.6. The van der Waals surface area contributed by atoms with Gasteiger partial charge >= 0.3 is 0 Å². The van der Waals surface area contributed by atoms with Crippen molar-refractivity contribution >= 4 is 23.1 Å². The Morgan fingerprint density at radius 1 is 1.32 bits per heavy atom. The van der Waals surface area contributed by atoms with Gasteiger partial charge in [0.15, 0.2) is 0 Å². The van der Waals surface area contributed by atoms with Crippen LogP contribution in [0.4, 0.5) is 0 Å². The Kier molecular flexibility index (Phi) is 6.24. The zero-order valence-electron chi connectivity index (χ0n) is 12.5. The van der Waals surface area contributed by atoms with Crippen molar-refractivity contribution in [2.24, 2.45) is 5.92 Å². The molecule has 108 valence electrons. The topological polar surface area (TPSA) is 12.0 Å². The minimum Gasteiger partial charge on any atom is -0.310 e. The van der Waals surface area contributed by atoms with Crippen LogP contribution < -0.4 is 5.32 Å². The first-order valence-electron chi connectivity index (χ1n) is 7.63. The molecule has 3 heteroatoms. The van der Waals surface area contributed by atoms with Crippen molar-refractivity contribution in [1.82, 2.24) is 5.32 Å². The molecule has 1 nitrogen and oxygen atoms in total. The largest absolute Gasteiger partial charge is 0.310 e. The summed E-state index contributed by atoms with van der Waals surface area (Å²) in [6, 6.07) is 3.07. The van der Waals surface area contributed by atoms with E-state index < -0.39 is 0 Å². The Balaban J connectivity index is 1.99. The maximum Gasteiger partial charge on any atom is 0.0414 e. The molecule has 1 unspecified atom stereocenters. The van der Waals surface area contributed by atoms with E-state index in [2.05, 4.69) is 55.3 Å². The summed E-state index contributed by atoms with van der Waals surface area (Å²) in [5.41, 5.74) is 1.61. The maximum absolute atomic E-state index is 3.69. The van der Waals surface area contributed by atoms with Crippen molar-refractivity contribution in [2.45, 2.75) is 58.2 Å². The fourth-order valence-corrected chi connectivity index (χ4v) is 5.15. The number of hydrogen-bond donors (Lipinski definition) is 1. The predicted octanol–water partition coefficient (Wildman–Crippen LogP) is 5.01. The third kappa shape index (κ3) is 4.51. The van der Waals surface area contributed by atoms with Gasteiger partial charge in [0.1, 0.15) is 0 Å². The molecule has 0 amide bonds. The molecule has 0 bridgehead atoms. The van der Waals surface area contributed by atoms with E-state index in [4.69, 9.17) is 0 Å². The van der Waals surface area contributed by atoms with Gasteiger partial charge in [-0.2, -0.15) is 11.8 Å². The van der Waals surface area contributed by atoms with Crippen LogP contribution in [0.1, 0.15) is 61.4 Å². The molecule has 1 aromatic heterocycles. The first-order valence-corrected chi connectivity index (χ1v) is 9.60. The lowest BCUT2D eigenvalue weighted by Gasteiger charge is -2.17. The second-order valence-corrected chi connectivity index (χ2v) is 8.11. The lowest BCUT2D eigenvalue weighted by atomic mass is 10.0. The van der Waals surface area contributed by atoms with Gasteiger partial charge in [-0.05, 0) is 42.7 Å². The maximum atomic E-state index is 3.69. The predicted molar refractivity (Wildman–Crippen MR) is 89.3 cm³/mol. The third-order valence-electron chi connectivity index (χ3n) is 3.71. The van der Waals surface area contributed by atoms with Gasteiger partial charge in [0, 0.05) is 21.5 Å². The standard InChI is InChI=1S/C16H27NS2/c1-4-17-14(7-5-6-12(2)3)16-10-13-11-18-9-8-15(13)19-16/h10,12,14,17H,4-9,11H2,1-3H3. The summed E-state index contributed by atoms with van der Waals surface area (Å²) in [5, 5.41) is 3.69. The van der Waals surface area contributed by atoms with E-state index in [1.165, 1.54) is 37.2 Å². The highest BCUT2D eigenvalue weighted by Gasteiger charge is 2.18. The van der Waals surface area contributed by atoms with Crippen molar-refractivity contribution in [2.75, 3.05) is 12.3 Å². The molecular formula is C16H27NS2. The van der Waals surface area contributed by atoms with Gasteiger partial charge in [0.2, 0.25) is 0 Å². The number of nitrogens with one attached hydrogen (secondary N) is 1. The number of aryl methyl sites for hydroxylation is 1. The molecule has 0 aliphatic carbocycles. The average molecular weight is 298 g/mol. The van der Waals surface area contributed by atoms with Crippen LogP contribution in [0.15, 0.2) is 6.07 Å². The van der Waals surface area contributed by atoms with E-state index >= 15 is 0 Å². The number of rotatable bonds is 7. The highest BCUT2D eigenvalue weighted by Crippen LogP contribution is 2.35. The zero-order valence-corrected chi connectivity index (χ0v) is 14.1. The van der Waals surface area contributed by atoms with Crippen LogP contribution in [0.3, 0.4) is 0 Å². The van der Waals surface area contributed by atoms with Crippen molar-refractivity contribution in [3.63, 3.8) is 0 Å². The molecule has 1 aliphatic heterocycles. The highest BCUT2D eigenvalue weighted by molar-refractivity contribution is 7.98. The van der Waals surface area contributed by atoms with Crippen molar-refractivity contribution in [1.29, 1.82) is 0 Å². The smallest absolute Gasteiger partial charge is 0.0414 e.